The molecule has 3 aromatic heterocycles. The number of aliphatic hydroxyl groups is 1. The lowest BCUT2D eigenvalue weighted by molar-refractivity contribution is -0.220. The van der Waals surface area contributed by atoms with Crippen molar-refractivity contribution < 1.29 is 27.1 Å². The summed E-state index contributed by atoms with van der Waals surface area (Å²) in [4.78, 5) is 13.1. The molecule has 4 aromatic rings. The van der Waals surface area contributed by atoms with Gasteiger partial charge in [-0.1, -0.05) is 19.9 Å². The van der Waals surface area contributed by atoms with Gasteiger partial charge in [-0.2, -0.15) is 5.10 Å². The van der Waals surface area contributed by atoms with Crippen LogP contribution in [0.5, 0.6) is 0 Å². The molecule has 0 bridgehead atoms. The van der Waals surface area contributed by atoms with E-state index in [0.717, 1.165) is 24.7 Å². The van der Waals surface area contributed by atoms with Gasteiger partial charge in [-0.15, -0.1) is 5.10 Å². The summed E-state index contributed by atoms with van der Waals surface area (Å²) >= 11 is 0. The van der Waals surface area contributed by atoms with Crippen molar-refractivity contribution in [2.45, 2.75) is 50.6 Å². The predicted octanol–water partition coefficient (Wildman–Crippen LogP) is 5.37. The Kier molecular flexibility index (Phi) is 4.58. The number of hydrogen-bond acceptors (Lipinski definition) is 7. The van der Waals surface area contributed by atoms with E-state index in [1.165, 1.54) is 24.4 Å². The molecule has 11 heteroatoms. The van der Waals surface area contributed by atoms with E-state index in [9.17, 15) is 22.7 Å². The lowest BCUT2D eigenvalue weighted by Gasteiger charge is -2.75. The molecule has 0 saturated heterocycles. The third kappa shape index (κ3) is 2.64. The van der Waals surface area contributed by atoms with E-state index in [-0.39, 0.29) is 45.3 Å². The highest BCUT2D eigenvalue weighted by Crippen LogP contribution is 2.88. The minimum atomic E-state index is -3.01. The topological polar surface area (TPSA) is 97.8 Å². The number of benzene rings is 1. The quantitative estimate of drug-likeness (QED) is 0.351. The zero-order valence-electron chi connectivity index (χ0n) is 20.3. The largest absolute Gasteiger partial charge is 0.443 e. The molecule has 194 valence electrons. The van der Waals surface area contributed by atoms with Crippen LogP contribution in [0, 0.1) is 22.5 Å². The van der Waals surface area contributed by atoms with Crippen molar-refractivity contribution in [2.24, 2.45) is 10.8 Å². The Morgan fingerprint density at radius 1 is 1.05 bits per heavy atom. The van der Waals surface area contributed by atoms with Crippen molar-refractivity contribution >= 4 is 0 Å². The lowest BCUT2D eigenvalue weighted by atomic mass is 9.27. The SMILES string of the molecule is CC12C[C@H]3c4cc(-c5c(F)cccc5F)nnc4[C@@](c4cncc(-c5nc([C@H](O)C(F)F)co5)n4)(C1)C32C. The van der Waals surface area contributed by atoms with Crippen molar-refractivity contribution in [1.29, 1.82) is 0 Å². The Labute approximate surface area is 214 Å². The summed E-state index contributed by atoms with van der Waals surface area (Å²) in [6.07, 6.45) is 0.560. The number of nitrogens with zero attached hydrogens (tertiary/aromatic N) is 5. The zero-order chi connectivity index (χ0) is 26.6. The Balaban J connectivity index is 1.35. The van der Waals surface area contributed by atoms with Crippen LogP contribution in [-0.2, 0) is 5.41 Å². The highest BCUT2D eigenvalue weighted by Gasteiger charge is 2.84. The number of halogens is 4. The zero-order valence-corrected chi connectivity index (χ0v) is 20.3. The van der Waals surface area contributed by atoms with Gasteiger partial charge in [0.2, 0.25) is 5.89 Å². The Hall–Kier alpha value is -3.73. The van der Waals surface area contributed by atoms with E-state index in [2.05, 4.69) is 34.0 Å². The fraction of sp³-hybridized carbons (Fsp3) is 0.370. The fourth-order valence-electron chi connectivity index (χ4n) is 7.33. The van der Waals surface area contributed by atoms with Gasteiger partial charge in [-0.25, -0.2) is 27.5 Å². The second-order valence-electron chi connectivity index (χ2n) is 10.9. The van der Waals surface area contributed by atoms with Crippen LogP contribution >= 0.6 is 0 Å². The average Bonchev–Trinajstić information content (AvgIpc) is 3.40. The Morgan fingerprint density at radius 2 is 1.82 bits per heavy atom. The highest BCUT2D eigenvalue weighted by molar-refractivity contribution is 5.66. The van der Waals surface area contributed by atoms with E-state index in [1.807, 2.05) is 0 Å². The molecule has 0 radical (unpaired) electrons. The first kappa shape index (κ1) is 23.4. The van der Waals surface area contributed by atoms with Gasteiger partial charge in [-0.05, 0) is 53.4 Å². The third-order valence-corrected chi connectivity index (χ3v) is 9.32. The average molecular weight is 523 g/mol. The molecule has 7 rings (SSSR count). The third-order valence-electron chi connectivity index (χ3n) is 9.32. The van der Waals surface area contributed by atoms with Crippen LogP contribution in [-0.4, -0.2) is 36.7 Å². The molecule has 7 nitrogen and oxygen atoms in total. The number of aromatic nitrogens is 5. The van der Waals surface area contributed by atoms with Gasteiger partial charge in [0.15, 0.2) is 6.10 Å². The van der Waals surface area contributed by atoms with E-state index >= 15 is 0 Å². The summed E-state index contributed by atoms with van der Waals surface area (Å²) in [5.74, 6) is -1.38. The normalized spacial score (nSPS) is 29.4. The van der Waals surface area contributed by atoms with Crippen LogP contribution in [0.4, 0.5) is 17.6 Å². The molecule has 3 aliphatic rings. The van der Waals surface area contributed by atoms with Gasteiger partial charge in [0.1, 0.15) is 29.3 Å². The van der Waals surface area contributed by atoms with Gasteiger partial charge in [0, 0.05) is 6.20 Å². The summed E-state index contributed by atoms with van der Waals surface area (Å²) in [7, 11) is 0. The van der Waals surface area contributed by atoms with Crippen LogP contribution < -0.4 is 0 Å². The van der Waals surface area contributed by atoms with Gasteiger partial charge in [-0.3, -0.25) is 4.98 Å². The predicted molar refractivity (Wildman–Crippen MR) is 125 cm³/mol. The van der Waals surface area contributed by atoms with Gasteiger partial charge in [0.05, 0.1) is 34.3 Å². The number of rotatable bonds is 5. The van der Waals surface area contributed by atoms with Crippen molar-refractivity contribution in [2.75, 3.05) is 0 Å². The molecule has 3 heterocycles. The molecule has 2 unspecified atom stereocenters. The molecular formula is C27H21F4N5O2. The maximum absolute atomic E-state index is 14.5. The lowest BCUT2D eigenvalue weighted by Crippen LogP contribution is -2.72. The number of oxazole rings is 1. The molecular weight excluding hydrogens is 502 g/mol. The molecule has 0 aliphatic heterocycles. The molecule has 1 aromatic carbocycles. The fourth-order valence-corrected chi connectivity index (χ4v) is 7.33. The Bertz CT molecular complexity index is 1610. The van der Waals surface area contributed by atoms with E-state index in [1.54, 1.807) is 12.3 Å². The van der Waals surface area contributed by atoms with Crippen LogP contribution in [0.15, 0.2) is 47.3 Å². The second kappa shape index (κ2) is 7.43. The van der Waals surface area contributed by atoms with Gasteiger partial charge in [0.25, 0.3) is 6.43 Å². The number of fused-ring (bicyclic) bond motifs is 3. The summed E-state index contributed by atoms with van der Waals surface area (Å²) < 4.78 is 60.3. The second-order valence-corrected chi connectivity index (χ2v) is 10.9. The minimum absolute atomic E-state index is 0.00304. The number of alkyl halides is 2. The summed E-state index contributed by atoms with van der Waals surface area (Å²) in [6, 6.07) is 5.42. The van der Waals surface area contributed by atoms with Crippen LogP contribution in [0.2, 0.25) is 0 Å². The first-order valence-electron chi connectivity index (χ1n) is 12.2. The van der Waals surface area contributed by atoms with Crippen molar-refractivity contribution in [3.8, 4) is 22.8 Å². The van der Waals surface area contributed by atoms with Gasteiger partial charge >= 0.3 is 0 Å². The van der Waals surface area contributed by atoms with Crippen LogP contribution in [0.1, 0.15) is 61.4 Å². The van der Waals surface area contributed by atoms with Crippen LogP contribution in [0.25, 0.3) is 22.8 Å². The maximum atomic E-state index is 14.5. The minimum Gasteiger partial charge on any atom is -0.443 e. The molecule has 2 fully saturated rings. The number of aliphatic hydroxyl groups excluding tert-OH is 1. The number of hydrogen-bond donors (Lipinski definition) is 1. The molecule has 0 amide bonds. The van der Waals surface area contributed by atoms with E-state index in [4.69, 9.17) is 9.40 Å². The molecule has 3 aliphatic carbocycles. The smallest absolute Gasteiger partial charge is 0.269 e. The van der Waals surface area contributed by atoms with E-state index in [0.29, 0.717) is 11.4 Å². The molecule has 38 heavy (non-hydrogen) atoms. The first-order chi connectivity index (χ1) is 18.1. The molecule has 2 saturated carbocycles. The van der Waals surface area contributed by atoms with Crippen molar-refractivity contribution in [3.05, 3.63) is 77.2 Å². The molecule has 1 N–H and O–H groups in total. The van der Waals surface area contributed by atoms with Crippen molar-refractivity contribution in [1.82, 2.24) is 25.1 Å². The van der Waals surface area contributed by atoms with Gasteiger partial charge < -0.3 is 9.52 Å². The standard InChI is InChI=1S/C27H21F4N5O2/c1-25-7-13-12-6-16(20-14(28)4-3-5-15(20)29)35-36-22(12)27(11-25,26(13,25)2)19-9-32-8-17(33-19)24-34-18(10-38-24)21(37)23(30)31/h3-6,8-10,13,21,23,37H,7,11H2,1-2H3/t13-,21-,25?,26?,27-/m0/s1. The van der Waals surface area contributed by atoms with Crippen molar-refractivity contribution in [3.63, 3.8) is 0 Å². The first-order valence-corrected chi connectivity index (χ1v) is 12.2. The van der Waals surface area contributed by atoms with Crippen LogP contribution in [0.3, 0.4) is 0 Å². The maximum Gasteiger partial charge on any atom is 0.269 e. The molecule has 0 spiro atoms. The summed E-state index contributed by atoms with van der Waals surface area (Å²) in [5, 5.41) is 18.4. The molecule has 5 atom stereocenters. The Morgan fingerprint density at radius 3 is 2.53 bits per heavy atom. The summed E-state index contributed by atoms with van der Waals surface area (Å²) in [6.45, 7) is 4.38. The summed E-state index contributed by atoms with van der Waals surface area (Å²) in [5.41, 5.74) is 1.10. The monoisotopic (exact) mass is 523 g/mol. The van der Waals surface area contributed by atoms with E-state index < -0.39 is 29.6 Å². The highest BCUT2D eigenvalue weighted by atomic mass is 19.3.